The fourth-order valence-electron chi connectivity index (χ4n) is 3.80. The first kappa shape index (κ1) is 24.2. The van der Waals surface area contributed by atoms with Gasteiger partial charge in [0.2, 0.25) is 0 Å². The van der Waals surface area contributed by atoms with Crippen LogP contribution < -0.4 is 9.47 Å². The van der Waals surface area contributed by atoms with Crippen LogP contribution in [0.2, 0.25) is 0 Å². The molecule has 0 saturated carbocycles. The molecule has 1 aliphatic rings. The van der Waals surface area contributed by atoms with Crippen LogP contribution >= 0.6 is 0 Å². The highest BCUT2D eigenvalue weighted by Crippen LogP contribution is 2.42. The van der Waals surface area contributed by atoms with Crippen molar-refractivity contribution in [2.24, 2.45) is 5.92 Å². The lowest BCUT2D eigenvalue weighted by atomic mass is 9.95. The zero-order valence-electron chi connectivity index (χ0n) is 19.5. The van der Waals surface area contributed by atoms with Crippen LogP contribution in [-0.2, 0) is 9.59 Å². The van der Waals surface area contributed by atoms with Crippen molar-refractivity contribution in [1.29, 1.82) is 0 Å². The predicted octanol–water partition coefficient (Wildman–Crippen LogP) is 4.66. The maximum absolute atomic E-state index is 13.0. The topological polar surface area (TPSA) is 96.3 Å². The second kappa shape index (κ2) is 10.4. The summed E-state index contributed by atoms with van der Waals surface area (Å²) in [7, 11) is 0. The van der Waals surface area contributed by atoms with Crippen LogP contribution in [0.3, 0.4) is 0 Å². The number of phenolic OH excluding ortho intramolecular Hbond substituents is 1. The highest BCUT2D eigenvalue weighted by Gasteiger charge is 2.45. The van der Waals surface area contributed by atoms with Crippen molar-refractivity contribution in [3.8, 4) is 17.2 Å². The lowest BCUT2D eigenvalue weighted by molar-refractivity contribution is -0.139. The van der Waals surface area contributed by atoms with E-state index in [1.165, 1.54) is 11.0 Å². The minimum Gasteiger partial charge on any atom is -0.507 e. The molecule has 2 aromatic rings. The van der Waals surface area contributed by atoms with E-state index in [4.69, 9.17) is 9.47 Å². The SMILES string of the molecule is CCCN1C(=O)C(=O)/C(=C(\O)c2ccc(OCC(C)C)cc2)C1c1ccc(O)c(OCC)c1. The highest BCUT2D eigenvalue weighted by molar-refractivity contribution is 6.46. The molecule has 0 aromatic heterocycles. The van der Waals surface area contributed by atoms with Crippen molar-refractivity contribution >= 4 is 17.4 Å². The average Bonchev–Trinajstić information content (AvgIpc) is 3.04. The van der Waals surface area contributed by atoms with Gasteiger partial charge in [-0.15, -0.1) is 0 Å². The fraction of sp³-hybridized carbons (Fsp3) is 0.385. The lowest BCUT2D eigenvalue weighted by Crippen LogP contribution is -2.30. The van der Waals surface area contributed by atoms with Gasteiger partial charge in [-0.3, -0.25) is 9.59 Å². The molecule has 7 nitrogen and oxygen atoms in total. The molecule has 1 atom stereocenters. The number of rotatable bonds is 9. The van der Waals surface area contributed by atoms with E-state index in [2.05, 4.69) is 13.8 Å². The predicted molar refractivity (Wildman–Crippen MR) is 125 cm³/mol. The molecule has 1 aliphatic heterocycles. The number of aromatic hydroxyl groups is 1. The molecule has 1 amide bonds. The second-order valence-electron chi connectivity index (χ2n) is 8.38. The number of aliphatic hydroxyl groups is 1. The third-order valence-electron chi connectivity index (χ3n) is 5.31. The molecular weight excluding hydrogens is 422 g/mol. The van der Waals surface area contributed by atoms with E-state index < -0.39 is 17.7 Å². The van der Waals surface area contributed by atoms with Crippen molar-refractivity contribution in [3.63, 3.8) is 0 Å². The fourth-order valence-corrected chi connectivity index (χ4v) is 3.80. The van der Waals surface area contributed by atoms with Crippen molar-refractivity contribution in [1.82, 2.24) is 4.90 Å². The number of likely N-dealkylation sites (tertiary alicyclic amines) is 1. The van der Waals surface area contributed by atoms with Gasteiger partial charge in [-0.25, -0.2) is 0 Å². The summed E-state index contributed by atoms with van der Waals surface area (Å²) in [5, 5.41) is 21.2. The number of amides is 1. The maximum atomic E-state index is 13.0. The highest BCUT2D eigenvalue weighted by atomic mass is 16.5. The summed E-state index contributed by atoms with van der Waals surface area (Å²) in [4.78, 5) is 27.3. The molecule has 0 aliphatic carbocycles. The Balaban J connectivity index is 2.07. The Kier molecular flexibility index (Phi) is 7.63. The van der Waals surface area contributed by atoms with Gasteiger partial charge in [0.25, 0.3) is 11.7 Å². The van der Waals surface area contributed by atoms with Gasteiger partial charge < -0.3 is 24.6 Å². The van der Waals surface area contributed by atoms with E-state index in [9.17, 15) is 19.8 Å². The van der Waals surface area contributed by atoms with E-state index >= 15 is 0 Å². The van der Waals surface area contributed by atoms with Crippen LogP contribution in [0.4, 0.5) is 0 Å². The number of phenols is 1. The van der Waals surface area contributed by atoms with E-state index in [1.54, 1.807) is 43.3 Å². The Bertz CT molecular complexity index is 1040. The summed E-state index contributed by atoms with van der Waals surface area (Å²) in [6.07, 6.45) is 0.641. The standard InChI is InChI=1S/C26H31NO6/c1-5-13-27-23(18-9-12-20(28)21(14-18)32-6-2)22(25(30)26(27)31)24(29)17-7-10-19(11-8-17)33-15-16(3)4/h7-12,14,16,23,28-29H,5-6,13,15H2,1-4H3/b24-22-. The number of ether oxygens (including phenoxy) is 2. The number of aliphatic hydroxyl groups excluding tert-OH is 1. The molecule has 0 radical (unpaired) electrons. The molecule has 1 fully saturated rings. The number of hydrogen-bond acceptors (Lipinski definition) is 6. The molecule has 0 bridgehead atoms. The van der Waals surface area contributed by atoms with Gasteiger partial charge in [-0.2, -0.15) is 0 Å². The first-order chi connectivity index (χ1) is 15.8. The molecule has 176 valence electrons. The minimum atomic E-state index is -0.790. The summed E-state index contributed by atoms with van der Waals surface area (Å²) >= 11 is 0. The summed E-state index contributed by atoms with van der Waals surface area (Å²) in [5.41, 5.74) is 0.995. The van der Waals surface area contributed by atoms with E-state index in [1.807, 2.05) is 6.92 Å². The van der Waals surface area contributed by atoms with Gasteiger partial charge in [0.05, 0.1) is 24.8 Å². The number of Topliss-reactive ketones (excluding diaryl/α,β-unsaturated/α-hetero) is 1. The number of nitrogens with zero attached hydrogens (tertiary/aromatic N) is 1. The monoisotopic (exact) mass is 453 g/mol. The Morgan fingerprint density at radius 2 is 1.76 bits per heavy atom. The number of carbonyl (C=O) groups is 2. The van der Waals surface area contributed by atoms with E-state index in [-0.39, 0.29) is 22.8 Å². The molecule has 3 rings (SSSR count). The van der Waals surface area contributed by atoms with Crippen molar-refractivity contribution in [3.05, 3.63) is 59.2 Å². The lowest BCUT2D eigenvalue weighted by Gasteiger charge is -2.25. The molecule has 1 heterocycles. The molecule has 2 aromatic carbocycles. The number of hydrogen-bond donors (Lipinski definition) is 2. The quantitative estimate of drug-likeness (QED) is 0.326. The molecule has 2 N–H and O–H groups in total. The van der Waals surface area contributed by atoms with Crippen LogP contribution in [0.25, 0.3) is 5.76 Å². The number of benzene rings is 2. The van der Waals surface area contributed by atoms with Crippen LogP contribution in [0, 0.1) is 5.92 Å². The maximum Gasteiger partial charge on any atom is 0.295 e. The summed E-state index contributed by atoms with van der Waals surface area (Å²) in [5.74, 6) is -0.404. The third kappa shape index (κ3) is 5.13. The van der Waals surface area contributed by atoms with E-state index in [0.29, 0.717) is 49.0 Å². The van der Waals surface area contributed by atoms with E-state index in [0.717, 1.165) is 0 Å². The summed E-state index contributed by atoms with van der Waals surface area (Å²) < 4.78 is 11.2. The normalized spacial score (nSPS) is 17.6. The van der Waals surface area contributed by atoms with Gasteiger partial charge in [-0.1, -0.05) is 26.8 Å². The zero-order valence-corrected chi connectivity index (χ0v) is 19.5. The summed E-state index contributed by atoms with van der Waals surface area (Å²) in [6.45, 7) is 9.07. The third-order valence-corrected chi connectivity index (χ3v) is 5.31. The Morgan fingerprint density at radius 3 is 2.36 bits per heavy atom. The molecule has 1 saturated heterocycles. The van der Waals surface area contributed by atoms with Gasteiger partial charge >= 0.3 is 0 Å². The van der Waals surface area contributed by atoms with Crippen LogP contribution in [-0.4, -0.2) is 46.6 Å². The van der Waals surface area contributed by atoms with Crippen LogP contribution in [0.5, 0.6) is 17.2 Å². The molecule has 0 spiro atoms. The summed E-state index contributed by atoms with van der Waals surface area (Å²) in [6, 6.07) is 10.7. The average molecular weight is 454 g/mol. The van der Waals surface area contributed by atoms with Crippen molar-refractivity contribution in [2.45, 2.75) is 40.2 Å². The molecule has 33 heavy (non-hydrogen) atoms. The van der Waals surface area contributed by atoms with Crippen LogP contribution in [0.1, 0.15) is 51.3 Å². The van der Waals surface area contributed by atoms with Crippen molar-refractivity contribution < 1.29 is 29.3 Å². The largest absolute Gasteiger partial charge is 0.507 e. The number of ketones is 1. The minimum absolute atomic E-state index is 0.0115. The Labute approximate surface area is 194 Å². The number of carbonyl (C=O) groups excluding carboxylic acids is 2. The zero-order chi connectivity index (χ0) is 24.1. The smallest absolute Gasteiger partial charge is 0.295 e. The molecular formula is C26H31NO6. The van der Waals surface area contributed by atoms with Gasteiger partial charge in [-0.05, 0) is 61.2 Å². The first-order valence-electron chi connectivity index (χ1n) is 11.3. The van der Waals surface area contributed by atoms with Gasteiger partial charge in [0.1, 0.15) is 11.5 Å². The van der Waals surface area contributed by atoms with Gasteiger partial charge in [0, 0.05) is 12.1 Å². The van der Waals surface area contributed by atoms with Gasteiger partial charge in [0.15, 0.2) is 11.5 Å². The van der Waals surface area contributed by atoms with Crippen molar-refractivity contribution in [2.75, 3.05) is 19.8 Å². The molecule has 1 unspecified atom stereocenters. The molecule has 7 heteroatoms. The first-order valence-corrected chi connectivity index (χ1v) is 11.3. The van der Waals surface area contributed by atoms with Crippen LogP contribution in [0.15, 0.2) is 48.0 Å². The second-order valence-corrected chi connectivity index (χ2v) is 8.38. The Hall–Kier alpha value is -3.48. The Morgan fingerprint density at radius 1 is 1.06 bits per heavy atom.